The summed E-state index contributed by atoms with van der Waals surface area (Å²) >= 11 is 12.6. The van der Waals surface area contributed by atoms with Crippen molar-refractivity contribution < 1.29 is 14.3 Å². The van der Waals surface area contributed by atoms with Gasteiger partial charge < -0.3 is 14.5 Å². The molecule has 3 heterocycles. The van der Waals surface area contributed by atoms with Crippen molar-refractivity contribution >= 4 is 40.2 Å². The minimum absolute atomic E-state index is 0.326. The van der Waals surface area contributed by atoms with Crippen LogP contribution in [0.15, 0.2) is 79.4 Å². The highest BCUT2D eigenvalue weighted by atomic mass is 35.5. The van der Waals surface area contributed by atoms with Gasteiger partial charge in [-0.25, -0.2) is 9.78 Å². The van der Waals surface area contributed by atoms with Crippen molar-refractivity contribution in [3.63, 3.8) is 0 Å². The highest BCUT2D eigenvalue weighted by Gasteiger charge is 2.36. The minimum Gasteiger partial charge on any atom is -0.494 e. The average Bonchev–Trinajstić information content (AvgIpc) is 3.60. The summed E-state index contributed by atoms with van der Waals surface area (Å²) in [6.45, 7) is 1.75. The molecule has 5 aromatic rings. The van der Waals surface area contributed by atoms with Gasteiger partial charge in [0.05, 0.1) is 11.6 Å². The Hall–Kier alpha value is -4.01. The van der Waals surface area contributed by atoms with Crippen molar-refractivity contribution in [2.24, 2.45) is 0 Å². The molecule has 0 bridgehead atoms. The molecule has 3 aromatic carbocycles. The Morgan fingerprint density at radius 3 is 2.72 bits per heavy atom. The van der Waals surface area contributed by atoms with E-state index in [9.17, 15) is 4.79 Å². The number of fused-ring (bicyclic) bond motifs is 3. The Bertz CT molecular complexity index is 1600. The van der Waals surface area contributed by atoms with Gasteiger partial charge in [-0.05, 0) is 60.0 Å². The second kappa shape index (κ2) is 11.0. The maximum atomic E-state index is 13.5. The van der Waals surface area contributed by atoms with Crippen LogP contribution in [0, 0.1) is 0 Å². The zero-order valence-electron chi connectivity index (χ0n) is 20.9. The number of amides is 1. The van der Waals surface area contributed by atoms with E-state index in [1.54, 1.807) is 40.2 Å². The van der Waals surface area contributed by atoms with E-state index in [-0.39, 0.29) is 0 Å². The molecule has 198 valence electrons. The lowest BCUT2D eigenvalue weighted by Gasteiger charge is -2.35. The van der Waals surface area contributed by atoms with Crippen molar-refractivity contribution in [1.82, 2.24) is 24.6 Å². The molecule has 0 radical (unpaired) electrons. The normalized spacial score (nSPS) is 14.8. The summed E-state index contributed by atoms with van der Waals surface area (Å²) < 4.78 is 13.5. The van der Waals surface area contributed by atoms with E-state index >= 15 is 0 Å². The first-order chi connectivity index (χ1) is 19.1. The summed E-state index contributed by atoms with van der Waals surface area (Å²) in [5, 5.41) is 6.22. The third-order valence-corrected chi connectivity index (χ3v) is 7.37. The highest BCUT2D eigenvalue weighted by molar-refractivity contribution is 6.32. The molecule has 0 spiro atoms. The number of aromatic amines is 1. The van der Waals surface area contributed by atoms with Gasteiger partial charge in [0.1, 0.15) is 24.4 Å². The number of halogens is 2. The lowest BCUT2D eigenvalue weighted by atomic mass is 9.92. The van der Waals surface area contributed by atoms with Gasteiger partial charge in [0.15, 0.2) is 5.75 Å². The first-order valence-electron chi connectivity index (χ1n) is 12.6. The fourth-order valence-corrected chi connectivity index (χ4v) is 5.34. The van der Waals surface area contributed by atoms with Crippen LogP contribution in [0.2, 0.25) is 10.0 Å². The number of aryl methyl sites for hydroxylation is 1. The number of carbonyl (C=O) groups is 1. The molecule has 1 unspecified atom stereocenters. The molecular formula is C29H25Cl2N5O3. The lowest BCUT2D eigenvalue weighted by molar-refractivity contribution is 0.135. The predicted octanol–water partition coefficient (Wildman–Crippen LogP) is 6.68. The SMILES string of the molecule is O=C(Oc1ccccc1Cl)N1CCc2c([nH]c3ccc(Cl)cc23)C1c1ccc(OCCCn2cncn2)cc1. The average molecular weight is 562 g/mol. The van der Waals surface area contributed by atoms with E-state index in [1.807, 2.05) is 42.5 Å². The van der Waals surface area contributed by atoms with Gasteiger partial charge in [-0.1, -0.05) is 47.5 Å². The highest BCUT2D eigenvalue weighted by Crippen LogP contribution is 2.40. The van der Waals surface area contributed by atoms with Gasteiger partial charge in [-0.3, -0.25) is 9.58 Å². The van der Waals surface area contributed by atoms with E-state index in [0.717, 1.165) is 46.4 Å². The Kier molecular flexibility index (Phi) is 7.13. The summed E-state index contributed by atoms with van der Waals surface area (Å²) in [5.41, 5.74) is 3.99. The number of H-pyrrole nitrogens is 1. The molecule has 1 atom stereocenters. The molecule has 0 saturated carbocycles. The van der Waals surface area contributed by atoms with E-state index in [4.69, 9.17) is 32.7 Å². The number of hydrogen-bond acceptors (Lipinski definition) is 5. The molecule has 10 heteroatoms. The Morgan fingerprint density at radius 2 is 1.92 bits per heavy atom. The standard InChI is InChI=1S/C29H25Cl2N5O3/c30-20-8-11-25-23(16-20)22-12-14-36(29(37)39-26-5-2-1-4-24(26)31)28(27(22)34-25)19-6-9-21(10-7-19)38-15-3-13-35-18-32-17-33-35/h1-2,4-11,16-18,28,34H,3,12-15H2. The number of ether oxygens (including phenoxy) is 2. The molecule has 0 fully saturated rings. The third kappa shape index (κ3) is 5.30. The molecule has 8 nitrogen and oxygen atoms in total. The zero-order chi connectivity index (χ0) is 26.8. The molecule has 0 saturated heterocycles. The number of nitrogens with zero attached hydrogens (tertiary/aromatic N) is 4. The van der Waals surface area contributed by atoms with Crippen molar-refractivity contribution in [3.05, 3.63) is 106 Å². The van der Waals surface area contributed by atoms with Gasteiger partial charge in [0.2, 0.25) is 0 Å². The third-order valence-electron chi connectivity index (χ3n) is 6.82. The minimum atomic E-state index is -0.469. The molecule has 0 aliphatic carbocycles. The Morgan fingerprint density at radius 1 is 1.08 bits per heavy atom. The predicted molar refractivity (Wildman–Crippen MR) is 150 cm³/mol. The van der Waals surface area contributed by atoms with Crippen LogP contribution in [0.3, 0.4) is 0 Å². The summed E-state index contributed by atoms with van der Waals surface area (Å²) in [7, 11) is 0. The van der Waals surface area contributed by atoms with E-state index < -0.39 is 12.1 Å². The number of benzene rings is 3. The quantitative estimate of drug-likeness (QED) is 0.224. The molecule has 1 aliphatic heterocycles. The van der Waals surface area contributed by atoms with Crippen LogP contribution in [-0.2, 0) is 13.0 Å². The first-order valence-corrected chi connectivity index (χ1v) is 13.4. The van der Waals surface area contributed by atoms with Crippen LogP contribution >= 0.6 is 23.2 Å². The number of hydrogen-bond donors (Lipinski definition) is 1. The largest absolute Gasteiger partial charge is 0.494 e. The summed E-state index contributed by atoms with van der Waals surface area (Å²) in [5.74, 6) is 1.08. The summed E-state index contributed by atoms with van der Waals surface area (Å²) in [6.07, 6.45) is 4.20. The van der Waals surface area contributed by atoms with Gasteiger partial charge >= 0.3 is 6.09 Å². The molecule has 1 amide bonds. The van der Waals surface area contributed by atoms with Crippen LogP contribution < -0.4 is 9.47 Å². The molecular weight excluding hydrogens is 537 g/mol. The second-order valence-electron chi connectivity index (χ2n) is 9.28. The first kappa shape index (κ1) is 25.3. The van der Waals surface area contributed by atoms with E-state index in [0.29, 0.717) is 35.4 Å². The van der Waals surface area contributed by atoms with Gasteiger partial charge in [0, 0.05) is 41.1 Å². The van der Waals surface area contributed by atoms with Crippen LogP contribution in [0.4, 0.5) is 4.79 Å². The van der Waals surface area contributed by atoms with Crippen LogP contribution in [0.5, 0.6) is 11.5 Å². The number of nitrogens with one attached hydrogen (secondary N) is 1. The van der Waals surface area contributed by atoms with E-state index in [2.05, 4.69) is 15.1 Å². The Labute approximate surface area is 235 Å². The van der Waals surface area contributed by atoms with Crippen molar-refractivity contribution in [3.8, 4) is 11.5 Å². The zero-order valence-corrected chi connectivity index (χ0v) is 22.4. The maximum Gasteiger partial charge on any atom is 0.416 e. The molecule has 1 aliphatic rings. The lowest BCUT2D eigenvalue weighted by Crippen LogP contribution is -2.42. The maximum absolute atomic E-state index is 13.5. The monoisotopic (exact) mass is 561 g/mol. The van der Waals surface area contributed by atoms with Crippen molar-refractivity contribution in [2.75, 3.05) is 13.2 Å². The number of para-hydroxylation sites is 1. The van der Waals surface area contributed by atoms with Gasteiger partial charge in [-0.2, -0.15) is 5.10 Å². The topological polar surface area (TPSA) is 85.3 Å². The fourth-order valence-electron chi connectivity index (χ4n) is 5.00. The molecule has 39 heavy (non-hydrogen) atoms. The fraction of sp³-hybridized carbons (Fsp3) is 0.207. The Balaban J connectivity index is 1.27. The van der Waals surface area contributed by atoms with Gasteiger partial charge in [-0.15, -0.1) is 0 Å². The van der Waals surface area contributed by atoms with Gasteiger partial charge in [0.25, 0.3) is 0 Å². The van der Waals surface area contributed by atoms with Crippen LogP contribution in [0.25, 0.3) is 10.9 Å². The molecule has 2 aromatic heterocycles. The molecule has 1 N–H and O–H groups in total. The van der Waals surface area contributed by atoms with Crippen LogP contribution in [-0.4, -0.2) is 43.9 Å². The smallest absolute Gasteiger partial charge is 0.416 e. The van der Waals surface area contributed by atoms with E-state index in [1.165, 1.54) is 6.33 Å². The summed E-state index contributed by atoms with van der Waals surface area (Å²) in [6, 6.07) is 20.2. The number of carbonyl (C=O) groups excluding carboxylic acids is 1. The number of rotatable bonds is 7. The molecule has 6 rings (SSSR count). The van der Waals surface area contributed by atoms with Crippen LogP contribution in [0.1, 0.15) is 29.3 Å². The van der Waals surface area contributed by atoms with Crippen molar-refractivity contribution in [1.29, 1.82) is 0 Å². The number of aromatic nitrogens is 4. The van der Waals surface area contributed by atoms with Crippen molar-refractivity contribution in [2.45, 2.75) is 25.4 Å². The second-order valence-corrected chi connectivity index (χ2v) is 10.1. The summed E-state index contributed by atoms with van der Waals surface area (Å²) in [4.78, 5) is 22.7.